The van der Waals surface area contributed by atoms with Gasteiger partial charge in [-0.2, -0.15) is 0 Å². The monoisotopic (exact) mass is 269 g/mol. The third kappa shape index (κ3) is 2.11. The Morgan fingerprint density at radius 3 is 2.75 bits per heavy atom. The highest BCUT2D eigenvalue weighted by Crippen LogP contribution is 2.32. The minimum atomic E-state index is 0.205. The second kappa shape index (κ2) is 5.12. The van der Waals surface area contributed by atoms with E-state index in [4.69, 9.17) is 0 Å². The van der Waals surface area contributed by atoms with E-state index < -0.39 is 0 Å². The molecule has 0 spiro atoms. The van der Waals surface area contributed by atoms with E-state index in [-0.39, 0.29) is 5.78 Å². The third-order valence-corrected chi connectivity index (χ3v) is 3.68. The van der Waals surface area contributed by atoms with Crippen molar-refractivity contribution < 1.29 is 4.79 Å². The van der Waals surface area contributed by atoms with Gasteiger partial charge in [-0.25, -0.2) is 4.68 Å². The second-order valence-corrected chi connectivity index (χ2v) is 5.38. The summed E-state index contributed by atoms with van der Waals surface area (Å²) in [5, 5.41) is 7.84. The van der Waals surface area contributed by atoms with Crippen LogP contribution in [0.2, 0.25) is 0 Å². The van der Waals surface area contributed by atoms with Gasteiger partial charge in [-0.3, -0.25) is 4.79 Å². The molecule has 0 radical (unpaired) electrons. The molecule has 1 aromatic heterocycles. The average molecular weight is 269 g/mol. The summed E-state index contributed by atoms with van der Waals surface area (Å²) in [6, 6.07) is 10.0. The van der Waals surface area contributed by atoms with Gasteiger partial charge in [0.2, 0.25) is 0 Å². The Kier molecular flexibility index (Phi) is 3.30. The molecule has 0 amide bonds. The summed E-state index contributed by atoms with van der Waals surface area (Å²) in [5.41, 5.74) is 2.83. The number of Topliss-reactive ketones (excluding diaryl/α,β-unsaturated/α-hetero) is 1. The first-order chi connectivity index (χ1) is 9.70. The highest BCUT2D eigenvalue weighted by molar-refractivity contribution is 6.02. The lowest BCUT2D eigenvalue weighted by atomic mass is 9.88. The van der Waals surface area contributed by atoms with Gasteiger partial charge in [-0.05, 0) is 31.4 Å². The first-order valence-electron chi connectivity index (χ1n) is 7.15. The number of aromatic nitrogens is 2. The summed E-state index contributed by atoms with van der Waals surface area (Å²) in [6.45, 7) is 4.90. The van der Waals surface area contributed by atoms with Crippen LogP contribution in [0.4, 0.5) is 5.82 Å². The maximum Gasteiger partial charge on any atom is 0.168 e. The molecule has 0 bridgehead atoms. The number of carbonyl (C=O) groups is 1. The smallest absolute Gasteiger partial charge is 0.168 e. The minimum Gasteiger partial charge on any atom is -0.368 e. The number of ketones is 1. The van der Waals surface area contributed by atoms with Crippen molar-refractivity contribution in [3.63, 3.8) is 0 Å². The van der Waals surface area contributed by atoms with Crippen molar-refractivity contribution in [3.05, 3.63) is 41.6 Å². The summed E-state index contributed by atoms with van der Waals surface area (Å²) in [6.07, 6.45) is 1.51. The van der Waals surface area contributed by atoms with E-state index in [1.54, 1.807) is 0 Å². The molecule has 20 heavy (non-hydrogen) atoms. The summed E-state index contributed by atoms with van der Waals surface area (Å²) >= 11 is 0. The number of nitrogens with zero attached hydrogens (tertiary/aromatic N) is 2. The van der Waals surface area contributed by atoms with Crippen LogP contribution < -0.4 is 5.32 Å². The zero-order valence-corrected chi connectivity index (χ0v) is 11.9. The fraction of sp³-hybridized carbons (Fsp3) is 0.375. The number of para-hydroxylation sites is 1. The third-order valence-electron chi connectivity index (χ3n) is 3.68. The summed E-state index contributed by atoms with van der Waals surface area (Å²) in [4.78, 5) is 12.3. The van der Waals surface area contributed by atoms with Crippen molar-refractivity contribution >= 4 is 11.6 Å². The van der Waals surface area contributed by atoms with Crippen molar-refractivity contribution in [2.75, 3.05) is 11.9 Å². The minimum absolute atomic E-state index is 0.205. The van der Waals surface area contributed by atoms with E-state index in [2.05, 4.69) is 17.3 Å². The molecule has 0 fully saturated rings. The van der Waals surface area contributed by atoms with Crippen molar-refractivity contribution in [3.8, 4) is 5.69 Å². The molecule has 0 saturated heterocycles. The van der Waals surface area contributed by atoms with Crippen LogP contribution in [-0.2, 0) is 6.42 Å². The van der Waals surface area contributed by atoms with Crippen molar-refractivity contribution in [2.45, 2.75) is 26.7 Å². The largest absolute Gasteiger partial charge is 0.368 e. The first kappa shape index (κ1) is 12.9. The number of benzene rings is 1. The molecule has 1 aliphatic rings. The molecule has 1 aliphatic carbocycles. The van der Waals surface area contributed by atoms with Crippen molar-refractivity contribution in [1.82, 2.24) is 9.78 Å². The van der Waals surface area contributed by atoms with Gasteiger partial charge in [0.1, 0.15) is 0 Å². The standard InChI is InChI=1S/C16H19N3O/c1-3-17-16-15-13(9-11(2)10-14(15)20)19(18-16)12-7-5-4-6-8-12/h4-8,11H,3,9-10H2,1-2H3,(H,17,18). The Labute approximate surface area is 118 Å². The lowest BCUT2D eigenvalue weighted by molar-refractivity contribution is 0.0953. The predicted molar refractivity (Wildman–Crippen MR) is 79.5 cm³/mol. The van der Waals surface area contributed by atoms with Crippen LogP contribution in [-0.4, -0.2) is 22.1 Å². The number of rotatable bonds is 3. The van der Waals surface area contributed by atoms with Crippen molar-refractivity contribution in [1.29, 1.82) is 0 Å². The van der Waals surface area contributed by atoms with Crippen LogP contribution >= 0.6 is 0 Å². The Morgan fingerprint density at radius 1 is 1.30 bits per heavy atom. The summed E-state index contributed by atoms with van der Waals surface area (Å²) < 4.78 is 1.92. The number of fused-ring (bicyclic) bond motifs is 1. The van der Waals surface area contributed by atoms with Gasteiger partial charge in [-0.15, -0.1) is 5.10 Å². The zero-order valence-electron chi connectivity index (χ0n) is 11.9. The summed E-state index contributed by atoms with van der Waals surface area (Å²) in [7, 11) is 0. The van der Waals surface area contributed by atoms with Gasteiger partial charge in [0.15, 0.2) is 11.6 Å². The van der Waals surface area contributed by atoms with E-state index in [0.29, 0.717) is 12.3 Å². The summed E-state index contributed by atoms with van der Waals surface area (Å²) in [5.74, 6) is 1.31. The number of nitrogens with one attached hydrogen (secondary N) is 1. The fourth-order valence-corrected chi connectivity index (χ4v) is 2.83. The van der Waals surface area contributed by atoms with Crippen LogP contribution in [0.1, 0.15) is 36.3 Å². The lowest BCUT2D eigenvalue weighted by Crippen LogP contribution is -2.20. The average Bonchev–Trinajstić information content (AvgIpc) is 2.79. The Bertz CT molecular complexity index is 631. The number of hydrogen-bond acceptors (Lipinski definition) is 3. The van der Waals surface area contributed by atoms with Crippen LogP contribution in [0.3, 0.4) is 0 Å². The Balaban J connectivity index is 2.16. The number of anilines is 1. The van der Waals surface area contributed by atoms with E-state index >= 15 is 0 Å². The molecule has 4 heteroatoms. The molecule has 2 aromatic rings. The SMILES string of the molecule is CCNc1nn(-c2ccccc2)c2c1C(=O)CC(C)C2. The van der Waals surface area contributed by atoms with Crippen LogP contribution in [0.5, 0.6) is 0 Å². The molecule has 104 valence electrons. The normalized spacial score (nSPS) is 17.9. The van der Waals surface area contributed by atoms with Gasteiger partial charge in [0, 0.05) is 13.0 Å². The zero-order chi connectivity index (χ0) is 14.1. The van der Waals surface area contributed by atoms with Crippen LogP contribution in [0, 0.1) is 5.92 Å². The van der Waals surface area contributed by atoms with E-state index in [9.17, 15) is 4.79 Å². The number of carbonyl (C=O) groups excluding carboxylic acids is 1. The Morgan fingerprint density at radius 2 is 2.05 bits per heavy atom. The lowest BCUT2D eigenvalue weighted by Gasteiger charge is -2.19. The molecular weight excluding hydrogens is 250 g/mol. The molecule has 1 atom stereocenters. The molecule has 1 heterocycles. The van der Waals surface area contributed by atoms with Gasteiger partial charge in [0.25, 0.3) is 0 Å². The van der Waals surface area contributed by atoms with Gasteiger partial charge < -0.3 is 5.32 Å². The first-order valence-corrected chi connectivity index (χ1v) is 7.15. The molecule has 4 nitrogen and oxygen atoms in total. The maximum absolute atomic E-state index is 12.3. The van der Waals surface area contributed by atoms with Gasteiger partial charge in [0.05, 0.1) is 16.9 Å². The molecular formula is C16H19N3O. The topological polar surface area (TPSA) is 46.9 Å². The quantitative estimate of drug-likeness (QED) is 0.931. The van der Waals surface area contributed by atoms with Crippen LogP contribution in [0.15, 0.2) is 30.3 Å². The molecule has 0 aliphatic heterocycles. The second-order valence-electron chi connectivity index (χ2n) is 5.38. The molecule has 1 aromatic carbocycles. The molecule has 3 rings (SSSR count). The molecule has 1 N–H and O–H groups in total. The van der Waals surface area contributed by atoms with E-state index in [0.717, 1.165) is 35.7 Å². The number of hydrogen-bond donors (Lipinski definition) is 1. The van der Waals surface area contributed by atoms with Crippen LogP contribution in [0.25, 0.3) is 5.69 Å². The highest BCUT2D eigenvalue weighted by atomic mass is 16.1. The van der Waals surface area contributed by atoms with Crippen molar-refractivity contribution in [2.24, 2.45) is 5.92 Å². The van der Waals surface area contributed by atoms with E-state index in [1.807, 2.05) is 41.9 Å². The maximum atomic E-state index is 12.3. The predicted octanol–water partition coefficient (Wildman–Crippen LogP) is 3.07. The highest BCUT2D eigenvalue weighted by Gasteiger charge is 2.30. The molecule has 1 unspecified atom stereocenters. The molecule has 0 saturated carbocycles. The van der Waals surface area contributed by atoms with Gasteiger partial charge in [-0.1, -0.05) is 25.1 Å². The van der Waals surface area contributed by atoms with E-state index in [1.165, 1.54) is 0 Å². The Hall–Kier alpha value is -2.10. The fourth-order valence-electron chi connectivity index (χ4n) is 2.83. The van der Waals surface area contributed by atoms with Gasteiger partial charge >= 0.3 is 0 Å².